The second-order valence-corrected chi connectivity index (χ2v) is 13.9. The summed E-state index contributed by atoms with van der Waals surface area (Å²) in [6.07, 6.45) is 1.69. The first-order chi connectivity index (χ1) is 18.5. The molecule has 7 heteroatoms. The van der Waals surface area contributed by atoms with E-state index in [0.29, 0.717) is 11.8 Å². The molecule has 0 aliphatic rings. The van der Waals surface area contributed by atoms with Crippen molar-refractivity contribution in [3.8, 4) is 16.9 Å². The number of nitrogen functional groups attached to an aromatic ring is 1. The van der Waals surface area contributed by atoms with E-state index >= 15 is 0 Å². The van der Waals surface area contributed by atoms with Crippen molar-refractivity contribution in [3.05, 3.63) is 94.7 Å². The first kappa shape index (κ1) is 28.5. The Morgan fingerprint density at radius 2 is 1.79 bits per heavy atom. The monoisotopic (exact) mass is 542 g/mol. The van der Waals surface area contributed by atoms with E-state index < -0.39 is 13.2 Å². The molecule has 1 unspecified atom stereocenters. The Morgan fingerprint density at radius 1 is 1.08 bits per heavy atom. The molecule has 6 nitrogen and oxygen atoms in total. The highest BCUT2D eigenvalue weighted by Crippen LogP contribution is 2.40. The predicted octanol–water partition coefficient (Wildman–Crippen LogP) is 6.65. The second kappa shape index (κ2) is 11.7. The highest BCUT2D eigenvalue weighted by Gasteiger charge is 2.23. The first-order valence-electron chi connectivity index (χ1n) is 13.4. The van der Waals surface area contributed by atoms with Gasteiger partial charge in [0.2, 0.25) is 0 Å². The molecule has 0 aliphatic carbocycles. The minimum Gasteiger partial charge on any atom is -0.398 e. The quantitative estimate of drug-likeness (QED) is 0.141. The zero-order valence-corrected chi connectivity index (χ0v) is 24.6. The van der Waals surface area contributed by atoms with Crippen LogP contribution in [0.4, 0.5) is 5.69 Å². The number of hydrogen-bond acceptors (Lipinski definition) is 5. The number of aryl methyl sites for hydroxylation is 1. The lowest BCUT2D eigenvalue weighted by Crippen LogP contribution is -2.10. The topological polar surface area (TPSA) is 93.5 Å². The largest absolute Gasteiger partial charge is 0.398 e. The Labute approximate surface area is 232 Å². The normalized spacial score (nSPS) is 14.2. The number of nitrogens with two attached hydrogens (primary N) is 1. The van der Waals surface area contributed by atoms with Crippen LogP contribution in [-0.4, -0.2) is 40.5 Å². The van der Waals surface area contributed by atoms with Crippen molar-refractivity contribution < 1.29 is 9.67 Å². The van der Waals surface area contributed by atoms with Crippen LogP contribution in [0.3, 0.4) is 0 Å². The zero-order chi connectivity index (χ0) is 28.3. The number of nitrogens with zero attached hydrogens (tertiary/aromatic N) is 3. The third-order valence-electron chi connectivity index (χ3n) is 7.38. The molecule has 0 radical (unpaired) electrons. The minimum atomic E-state index is -2.37. The molecule has 0 spiro atoms. The summed E-state index contributed by atoms with van der Waals surface area (Å²) in [7, 11) is -2.37. The first-order valence-corrected chi connectivity index (χ1v) is 15.8. The Kier molecular flexibility index (Phi) is 8.58. The average molecular weight is 543 g/mol. The van der Waals surface area contributed by atoms with Crippen molar-refractivity contribution in [3.63, 3.8) is 0 Å². The lowest BCUT2D eigenvalue weighted by Gasteiger charge is -2.15. The van der Waals surface area contributed by atoms with Gasteiger partial charge in [0.15, 0.2) is 0 Å². The van der Waals surface area contributed by atoms with Crippen LogP contribution in [0.2, 0.25) is 0 Å². The summed E-state index contributed by atoms with van der Waals surface area (Å²) in [5.74, 6) is 0.218. The number of aliphatic hydroxyl groups excluding tert-OH is 1. The molecule has 0 fully saturated rings. The van der Waals surface area contributed by atoms with Crippen LogP contribution < -0.4 is 11.0 Å². The van der Waals surface area contributed by atoms with Crippen LogP contribution >= 0.6 is 7.14 Å². The van der Waals surface area contributed by atoms with Crippen LogP contribution in [0.5, 0.6) is 0 Å². The molecule has 4 aromatic rings. The number of benzene rings is 3. The number of anilines is 1. The molecule has 2 atom stereocenters. The lowest BCUT2D eigenvalue weighted by atomic mass is 9.94. The second-order valence-electron chi connectivity index (χ2n) is 10.5. The minimum absolute atomic E-state index is 0.218. The van der Waals surface area contributed by atoms with Crippen LogP contribution in [0, 0.1) is 13.8 Å². The Bertz CT molecular complexity index is 1540. The van der Waals surface area contributed by atoms with Gasteiger partial charge in [-0.2, -0.15) is 5.10 Å². The predicted molar refractivity (Wildman–Crippen MR) is 165 cm³/mol. The van der Waals surface area contributed by atoms with E-state index in [1.807, 2.05) is 91.9 Å². The van der Waals surface area contributed by atoms with Crippen LogP contribution in [-0.2, 0) is 4.57 Å². The van der Waals surface area contributed by atoms with Gasteiger partial charge in [-0.15, -0.1) is 0 Å². The Morgan fingerprint density at radius 3 is 2.44 bits per heavy atom. The molecule has 0 bridgehead atoms. The molecular formula is C32H39N4O2P. The molecule has 204 valence electrons. The summed E-state index contributed by atoms with van der Waals surface area (Å²) >= 11 is 0. The molecule has 39 heavy (non-hydrogen) atoms. The van der Waals surface area contributed by atoms with Gasteiger partial charge in [-0.05, 0) is 61.8 Å². The van der Waals surface area contributed by atoms with E-state index in [2.05, 4.69) is 25.8 Å². The molecule has 0 amide bonds. The molecule has 4 rings (SSSR count). The zero-order valence-electron chi connectivity index (χ0n) is 23.7. The fraction of sp³-hybridized carbons (Fsp3) is 0.312. The Hall–Kier alpha value is -3.47. The summed E-state index contributed by atoms with van der Waals surface area (Å²) in [5.41, 5.74) is 14.6. The molecule has 3 N–H and O–H groups in total. The van der Waals surface area contributed by atoms with Crippen molar-refractivity contribution in [2.45, 2.75) is 46.6 Å². The number of hydrogen-bond donors (Lipinski definition) is 2. The summed E-state index contributed by atoms with van der Waals surface area (Å²) in [6.45, 7) is 12.5. The van der Waals surface area contributed by atoms with Crippen molar-refractivity contribution >= 4 is 24.3 Å². The van der Waals surface area contributed by atoms with Gasteiger partial charge in [0.05, 0.1) is 24.0 Å². The molecule has 0 saturated carbocycles. The molecular weight excluding hydrogens is 503 g/mol. The van der Waals surface area contributed by atoms with Crippen molar-refractivity contribution in [1.29, 1.82) is 0 Å². The fourth-order valence-electron chi connectivity index (χ4n) is 4.95. The van der Waals surface area contributed by atoms with Crippen molar-refractivity contribution in [2.75, 3.05) is 25.1 Å². The van der Waals surface area contributed by atoms with Gasteiger partial charge in [-0.25, -0.2) is 4.68 Å². The SMILES string of the molecule is CCP(C)(=O)c1ccc(-n2nc(-c3cccc(N)c3C=NC[C@H](O)c3ccccc3)c(C(C)C)c2C)c(C)c1. The fourth-order valence-corrected chi connectivity index (χ4v) is 6.17. The van der Waals surface area contributed by atoms with E-state index in [1.54, 1.807) is 6.21 Å². The third-order valence-corrected chi connectivity index (χ3v) is 9.95. The van der Waals surface area contributed by atoms with Gasteiger partial charge in [-0.1, -0.05) is 63.2 Å². The van der Waals surface area contributed by atoms with Gasteiger partial charge >= 0.3 is 0 Å². The summed E-state index contributed by atoms with van der Waals surface area (Å²) < 4.78 is 15.0. The van der Waals surface area contributed by atoms with E-state index in [4.69, 9.17) is 10.8 Å². The maximum Gasteiger partial charge on any atom is 0.112 e. The number of aliphatic hydroxyl groups is 1. The van der Waals surface area contributed by atoms with Gasteiger partial charge in [0.1, 0.15) is 7.14 Å². The summed E-state index contributed by atoms with van der Waals surface area (Å²) in [4.78, 5) is 4.57. The van der Waals surface area contributed by atoms with Crippen LogP contribution in [0.1, 0.15) is 60.7 Å². The third kappa shape index (κ3) is 5.93. The van der Waals surface area contributed by atoms with E-state index in [9.17, 15) is 9.67 Å². The standard InChI is InChI=1S/C32H39N4O2P/c1-7-39(6,38)25-16-17-29(22(4)18-25)36-23(5)31(21(2)3)32(35-36)26-14-11-15-28(33)27(26)19-34-20-30(37)24-12-9-8-10-13-24/h8-19,21,30,37H,7,20,33H2,1-6H3/t30-,39?/m0/s1. The van der Waals surface area contributed by atoms with Crippen molar-refractivity contribution in [2.24, 2.45) is 4.99 Å². The van der Waals surface area contributed by atoms with Crippen LogP contribution in [0.15, 0.2) is 71.7 Å². The molecule has 3 aromatic carbocycles. The smallest absolute Gasteiger partial charge is 0.112 e. The summed E-state index contributed by atoms with van der Waals surface area (Å²) in [5, 5.41) is 16.6. The van der Waals surface area contributed by atoms with Gasteiger partial charge in [-0.3, -0.25) is 4.99 Å². The molecule has 1 aromatic heterocycles. The van der Waals surface area contributed by atoms with Crippen molar-refractivity contribution in [1.82, 2.24) is 9.78 Å². The van der Waals surface area contributed by atoms with Crippen LogP contribution in [0.25, 0.3) is 16.9 Å². The average Bonchev–Trinajstić information content (AvgIpc) is 3.26. The molecule has 0 saturated heterocycles. The van der Waals surface area contributed by atoms with E-state index in [1.165, 1.54) is 0 Å². The van der Waals surface area contributed by atoms with E-state index in [0.717, 1.165) is 50.2 Å². The number of aliphatic imine (C=N–C) groups is 1. The van der Waals surface area contributed by atoms with Gasteiger partial charge in [0.25, 0.3) is 0 Å². The maximum atomic E-state index is 13.0. The number of rotatable bonds is 9. The highest BCUT2D eigenvalue weighted by molar-refractivity contribution is 7.70. The molecule has 0 aliphatic heterocycles. The maximum absolute atomic E-state index is 13.0. The summed E-state index contributed by atoms with van der Waals surface area (Å²) in [6, 6.07) is 21.4. The van der Waals surface area contributed by atoms with Gasteiger partial charge in [0, 0.05) is 45.8 Å². The van der Waals surface area contributed by atoms with E-state index in [-0.39, 0.29) is 12.5 Å². The Balaban J connectivity index is 1.77. The molecule has 1 heterocycles. The lowest BCUT2D eigenvalue weighted by molar-refractivity contribution is 0.187. The highest BCUT2D eigenvalue weighted by atomic mass is 31.2. The van der Waals surface area contributed by atoms with Gasteiger partial charge < -0.3 is 15.4 Å². The number of aromatic nitrogens is 2.